The molecule has 0 aliphatic heterocycles. The molecule has 0 atom stereocenters. The first-order valence-electron chi connectivity index (χ1n) is 4.72. The molecule has 1 nitrogen and oxygen atoms in total. The summed E-state index contributed by atoms with van der Waals surface area (Å²) < 4.78 is 5.15. The highest BCUT2D eigenvalue weighted by Crippen LogP contribution is 2.10. The predicted molar refractivity (Wildman–Crippen MR) is 58.5 cm³/mol. The lowest BCUT2D eigenvalue weighted by molar-refractivity contribution is 0.305. The third-order valence-electron chi connectivity index (χ3n) is 1.84. The SMILES string of the molecule is C=C(/C=C\C(=C/CC)OC)C(C)C. The third-order valence-corrected chi connectivity index (χ3v) is 1.84. The Morgan fingerprint density at radius 2 is 2.00 bits per heavy atom. The Morgan fingerprint density at radius 3 is 2.38 bits per heavy atom. The van der Waals surface area contributed by atoms with Crippen LogP contribution in [-0.2, 0) is 4.74 Å². The van der Waals surface area contributed by atoms with Crippen LogP contribution in [0.4, 0.5) is 0 Å². The summed E-state index contributed by atoms with van der Waals surface area (Å²) >= 11 is 0. The molecule has 0 bridgehead atoms. The van der Waals surface area contributed by atoms with E-state index in [-0.39, 0.29) is 0 Å². The molecular weight excluding hydrogens is 160 g/mol. The number of hydrogen-bond donors (Lipinski definition) is 0. The van der Waals surface area contributed by atoms with Gasteiger partial charge < -0.3 is 4.74 Å². The summed E-state index contributed by atoms with van der Waals surface area (Å²) in [5, 5.41) is 0. The minimum absolute atomic E-state index is 0.496. The lowest BCUT2D eigenvalue weighted by Crippen LogP contribution is -1.88. The maximum Gasteiger partial charge on any atom is 0.114 e. The molecule has 0 aromatic carbocycles. The first-order valence-corrected chi connectivity index (χ1v) is 4.72. The molecule has 0 radical (unpaired) electrons. The fourth-order valence-electron chi connectivity index (χ4n) is 0.802. The van der Waals surface area contributed by atoms with E-state index in [2.05, 4.69) is 27.4 Å². The Kier molecular flexibility index (Phi) is 6.03. The van der Waals surface area contributed by atoms with E-state index in [9.17, 15) is 0 Å². The Balaban J connectivity index is 4.23. The number of methoxy groups -OCH3 is 1. The minimum Gasteiger partial charge on any atom is -0.497 e. The van der Waals surface area contributed by atoms with E-state index in [1.165, 1.54) is 0 Å². The van der Waals surface area contributed by atoms with Gasteiger partial charge in [-0.2, -0.15) is 0 Å². The smallest absolute Gasteiger partial charge is 0.114 e. The maximum atomic E-state index is 5.15. The van der Waals surface area contributed by atoms with Gasteiger partial charge in [0.2, 0.25) is 0 Å². The quantitative estimate of drug-likeness (QED) is 0.463. The van der Waals surface area contributed by atoms with Gasteiger partial charge in [0.1, 0.15) is 5.76 Å². The van der Waals surface area contributed by atoms with Gasteiger partial charge in [-0.1, -0.05) is 39.0 Å². The van der Waals surface area contributed by atoms with Crippen LogP contribution < -0.4 is 0 Å². The van der Waals surface area contributed by atoms with Gasteiger partial charge in [0, 0.05) is 0 Å². The van der Waals surface area contributed by atoms with Gasteiger partial charge in [0.05, 0.1) is 7.11 Å². The largest absolute Gasteiger partial charge is 0.497 e. The van der Waals surface area contributed by atoms with Crippen molar-refractivity contribution < 1.29 is 4.74 Å². The molecule has 0 heterocycles. The molecule has 0 aliphatic carbocycles. The second-order valence-electron chi connectivity index (χ2n) is 3.28. The molecular formula is C12H20O. The summed E-state index contributed by atoms with van der Waals surface area (Å²) in [6.07, 6.45) is 7.01. The zero-order chi connectivity index (χ0) is 10.3. The van der Waals surface area contributed by atoms with E-state index in [1.54, 1.807) is 7.11 Å². The van der Waals surface area contributed by atoms with Crippen molar-refractivity contribution in [1.82, 2.24) is 0 Å². The summed E-state index contributed by atoms with van der Waals surface area (Å²) in [5.41, 5.74) is 1.12. The number of rotatable bonds is 5. The van der Waals surface area contributed by atoms with Gasteiger partial charge in [0.15, 0.2) is 0 Å². The summed E-state index contributed by atoms with van der Waals surface area (Å²) in [6.45, 7) is 10.3. The fraction of sp³-hybridized carbons (Fsp3) is 0.500. The van der Waals surface area contributed by atoms with Crippen molar-refractivity contribution in [2.45, 2.75) is 27.2 Å². The van der Waals surface area contributed by atoms with Crippen molar-refractivity contribution in [1.29, 1.82) is 0 Å². The summed E-state index contributed by atoms with van der Waals surface area (Å²) in [6, 6.07) is 0. The molecule has 0 rings (SSSR count). The van der Waals surface area contributed by atoms with Gasteiger partial charge >= 0.3 is 0 Å². The highest BCUT2D eigenvalue weighted by Gasteiger charge is 1.95. The second kappa shape index (κ2) is 6.53. The Hall–Kier alpha value is -0.980. The molecule has 0 spiro atoms. The van der Waals surface area contributed by atoms with Crippen LogP contribution in [0.25, 0.3) is 0 Å². The van der Waals surface area contributed by atoms with Crippen molar-refractivity contribution in [3.63, 3.8) is 0 Å². The Labute approximate surface area is 81.8 Å². The van der Waals surface area contributed by atoms with Crippen LogP contribution in [0.5, 0.6) is 0 Å². The maximum absolute atomic E-state index is 5.15. The number of ether oxygens (including phenoxy) is 1. The molecule has 0 unspecified atom stereocenters. The van der Waals surface area contributed by atoms with Gasteiger partial charge in [-0.3, -0.25) is 0 Å². The van der Waals surface area contributed by atoms with Crippen LogP contribution in [-0.4, -0.2) is 7.11 Å². The van der Waals surface area contributed by atoms with E-state index in [0.717, 1.165) is 17.8 Å². The van der Waals surface area contributed by atoms with Crippen LogP contribution in [0.3, 0.4) is 0 Å². The van der Waals surface area contributed by atoms with E-state index in [0.29, 0.717) is 5.92 Å². The van der Waals surface area contributed by atoms with Crippen molar-refractivity contribution in [2.75, 3.05) is 7.11 Å². The van der Waals surface area contributed by atoms with E-state index < -0.39 is 0 Å². The van der Waals surface area contributed by atoms with Crippen molar-refractivity contribution >= 4 is 0 Å². The molecule has 0 aliphatic rings. The fourth-order valence-corrected chi connectivity index (χ4v) is 0.802. The molecule has 1 heteroatoms. The predicted octanol–water partition coefficient (Wildman–Crippen LogP) is 3.70. The first kappa shape index (κ1) is 12.0. The van der Waals surface area contributed by atoms with Crippen molar-refractivity contribution in [3.8, 4) is 0 Å². The monoisotopic (exact) mass is 180 g/mol. The molecule has 0 aromatic rings. The minimum atomic E-state index is 0.496. The molecule has 0 N–H and O–H groups in total. The summed E-state index contributed by atoms with van der Waals surface area (Å²) in [5.74, 6) is 1.40. The Morgan fingerprint density at radius 1 is 1.38 bits per heavy atom. The van der Waals surface area contributed by atoms with Crippen LogP contribution in [0.15, 0.2) is 36.1 Å². The van der Waals surface area contributed by atoms with Crippen LogP contribution in [0.2, 0.25) is 0 Å². The standard InChI is InChI=1S/C12H20O/c1-6-7-12(13-5)9-8-11(4)10(2)3/h7-10H,4,6H2,1-3,5H3/b9-8-,12-7+. The molecule has 13 heavy (non-hydrogen) atoms. The van der Waals surface area contributed by atoms with Gasteiger partial charge in [-0.15, -0.1) is 0 Å². The normalized spacial score (nSPS) is 12.5. The number of hydrogen-bond acceptors (Lipinski definition) is 1. The van der Waals surface area contributed by atoms with Crippen LogP contribution in [0.1, 0.15) is 27.2 Å². The Bertz CT molecular complexity index is 209. The molecule has 0 aromatic heterocycles. The van der Waals surface area contributed by atoms with Crippen molar-refractivity contribution in [3.05, 3.63) is 36.1 Å². The van der Waals surface area contributed by atoms with Gasteiger partial charge in [-0.25, -0.2) is 0 Å². The van der Waals surface area contributed by atoms with E-state index in [4.69, 9.17) is 4.74 Å². The average molecular weight is 180 g/mol. The highest BCUT2D eigenvalue weighted by molar-refractivity contribution is 5.23. The second-order valence-corrected chi connectivity index (χ2v) is 3.28. The van der Waals surface area contributed by atoms with E-state index >= 15 is 0 Å². The van der Waals surface area contributed by atoms with Crippen LogP contribution in [0, 0.1) is 5.92 Å². The molecule has 74 valence electrons. The summed E-state index contributed by atoms with van der Waals surface area (Å²) in [4.78, 5) is 0. The number of allylic oxidation sites excluding steroid dienone is 4. The zero-order valence-electron chi connectivity index (χ0n) is 9.13. The highest BCUT2D eigenvalue weighted by atomic mass is 16.5. The lowest BCUT2D eigenvalue weighted by atomic mass is 10.1. The molecule has 0 saturated carbocycles. The first-order chi connectivity index (χ1) is 6.11. The third kappa shape index (κ3) is 5.29. The molecule has 0 amide bonds. The van der Waals surface area contributed by atoms with Crippen LogP contribution >= 0.6 is 0 Å². The van der Waals surface area contributed by atoms with Gasteiger partial charge in [-0.05, 0) is 24.5 Å². The summed E-state index contributed by atoms with van der Waals surface area (Å²) in [7, 11) is 1.68. The van der Waals surface area contributed by atoms with Crippen molar-refractivity contribution in [2.24, 2.45) is 5.92 Å². The topological polar surface area (TPSA) is 9.23 Å². The lowest BCUT2D eigenvalue weighted by Gasteiger charge is -2.04. The van der Waals surface area contributed by atoms with E-state index in [1.807, 2.05) is 18.2 Å². The van der Waals surface area contributed by atoms with Gasteiger partial charge in [0.25, 0.3) is 0 Å². The molecule has 0 fully saturated rings. The zero-order valence-corrected chi connectivity index (χ0v) is 9.13. The molecule has 0 saturated heterocycles. The average Bonchev–Trinajstić information content (AvgIpc) is 2.11.